The van der Waals surface area contributed by atoms with Gasteiger partial charge in [-0.2, -0.15) is 0 Å². The van der Waals surface area contributed by atoms with Crippen molar-refractivity contribution in [3.8, 4) is 33.4 Å². The summed E-state index contributed by atoms with van der Waals surface area (Å²) in [6.45, 7) is 8.87. The van der Waals surface area contributed by atoms with Crippen LogP contribution in [0.4, 0.5) is 17.1 Å². The van der Waals surface area contributed by atoms with E-state index < -0.39 is 15.8 Å². The van der Waals surface area contributed by atoms with Crippen molar-refractivity contribution in [1.29, 1.82) is 0 Å². The lowest BCUT2D eigenvalue weighted by Gasteiger charge is -2.45. The van der Waals surface area contributed by atoms with Crippen LogP contribution in [0.3, 0.4) is 0 Å². The van der Waals surface area contributed by atoms with Crippen molar-refractivity contribution in [3.05, 3.63) is 198 Å². The third-order valence-corrected chi connectivity index (χ3v) is 16.0. The maximum atomic E-state index is 2.62. The topological polar surface area (TPSA) is 3.24 Å². The molecule has 2 aliphatic heterocycles. The van der Waals surface area contributed by atoms with Gasteiger partial charge in [0.15, 0.2) is 0 Å². The molecule has 8 aromatic rings. The van der Waals surface area contributed by atoms with Crippen molar-refractivity contribution in [2.75, 3.05) is 4.90 Å². The van der Waals surface area contributed by atoms with E-state index in [1.807, 2.05) is 0 Å². The van der Waals surface area contributed by atoms with Crippen molar-refractivity contribution in [2.24, 2.45) is 0 Å². The second kappa shape index (κ2) is 13.6. The molecule has 0 spiro atoms. The van der Waals surface area contributed by atoms with Gasteiger partial charge in [-0.1, -0.05) is 144 Å². The van der Waals surface area contributed by atoms with Crippen LogP contribution in [0.1, 0.15) is 22.3 Å². The van der Waals surface area contributed by atoms with Crippen molar-refractivity contribution in [2.45, 2.75) is 27.7 Å². The molecule has 0 saturated heterocycles. The van der Waals surface area contributed by atoms with Gasteiger partial charge < -0.3 is 4.90 Å². The van der Waals surface area contributed by atoms with Gasteiger partial charge in [-0.15, -0.1) is 0 Å². The highest BCUT2D eigenvalue weighted by Crippen LogP contribution is 2.56. The number of anilines is 3. The molecule has 2 heterocycles. The number of rotatable bonds is 5. The minimum absolute atomic E-state index is 0.871. The third-order valence-electron chi connectivity index (χ3n) is 11.1. The molecule has 2 unspecified atom stereocenters. The number of fused-ring (bicyclic) bond motifs is 4. The van der Waals surface area contributed by atoms with Gasteiger partial charge in [0.1, 0.15) is 0 Å². The van der Waals surface area contributed by atoms with Crippen molar-refractivity contribution < 1.29 is 0 Å². The third kappa shape index (κ3) is 5.95. The largest absolute Gasteiger partial charge is 0.308 e. The first kappa shape index (κ1) is 33.9. The van der Waals surface area contributed by atoms with Gasteiger partial charge in [-0.05, 0) is 142 Å². The Morgan fingerprint density at radius 1 is 0.309 bits per heavy atom. The zero-order chi connectivity index (χ0) is 37.2. The molecule has 0 saturated carbocycles. The fraction of sp³-hybridized carbons (Fsp3) is 0.0769. The number of hydrogen-bond donors (Lipinski definition) is 0. The Balaban J connectivity index is 1.32. The molecular formula is C52H41NP2. The van der Waals surface area contributed by atoms with Crippen LogP contribution in [0.15, 0.2) is 176 Å². The van der Waals surface area contributed by atoms with E-state index in [2.05, 4.69) is 209 Å². The van der Waals surface area contributed by atoms with Crippen LogP contribution in [0.25, 0.3) is 33.4 Å². The molecule has 0 bridgehead atoms. The Kier molecular flexibility index (Phi) is 8.41. The Labute approximate surface area is 327 Å². The predicted molar refractivity (Wildman–Crippen MR) is 241 cm³/mol. The molecule has 10 rings (SSSR count). The summed E-state index contributed by atoms with van der Waals surface area (Å²) >= 11 is 0. The molecule has 0 radical (unpaired) electrons. The molecule has 1 nitrogen and oxygen atoms in total. The van der Waals surface area contributed by atoms with Gasteiger partial charge in [0.05, 0.1) is 17.1 Å². The summed E-state index contributed by atoms with van der Waals surface area (Å²) in [5.41, 5.74) is 16.6. The maximum Gasteiger partial charge on any atom is 0.0629 e. The van der Waals surface area contributed by atoms with Crippen LogP contribution in [0.5, 0.6) is 0 Å². The maximum absolute atomic E-state index is 2.62. The molecule has 8 aromatic carbocycles. The lowest BCUT2D eigenvalue weighted by atomic mass is 9.93. The van der Waals surface area contributed by atoms with Gasteiger partial charge >= 0.3 is 0 Å². The molecule has 0 fully saturated rings. The van der Waals surface area contributed by atoms with Gasteiger partial charge in [0, 0.05) is 21.2 Å². The second-order valence-corrected chi connectivity index (χ2v) is 19.4. The van der Waals surface area contributed by atoms with E-state index in [9.17, 15) is 0 Å². The number of aryl methyl sites for hydroxylation is 4. The first-order valence-corrected chi connectivity index (χ1v) is 21.8. The molecule has 0 amide bonds. The average Bonchev–Trinajstić information content (AvgIpc) is 3.22. The molecule has 2 atom stereocenters. The van der Waals surface area contributed by atoms with Gasteiger partial charge in [-0.3, -0.25) is 0 Å². The average molecular weight is 742 g/mol. The summed E-state index contributed by atoms with van der Waals surface area (Å²) in [5, 5.41) is 8.49. The summed E-state index contributed by atoms with van der Waals surface area (Å²) in [5.74, 6) is 0. The van der Waals surface area contributed by atoms with E-state index >= 15 is 0 Å². The van der Waals surface area contributed by atoms with E-state index in [-0.39, 0.29) is 0 Å². The lowest BCUT2D eigenvalue weighted by molar-refractivity contribution is 1.30. The summed E-state index contributed by atoms with van der Waals surface area (Å²) in [6, 6.07) is 67.0. The van der Waals surface area contributed by atoms with E-state index in [1.54, 1.807) is 0 Å². The fourth-order valence-corrected chi connectivity index (χ4v) is 13.8. The SMILES string of the molecule is Cc1ccc(P2c3cc(C)ccc3N3c4ccc(C)cc4P(c4ccc(C)cc4)c4cc(-c5cc(-c6ccccc6)cc(-c6ccccc6)c5)cc2c43)cc1. The smallest absolute Gasteiger partial charge is 0.0629 e. The van der Waals surface area contributed by atoms with E-state index in [4.69, 9.17) is 0 Å². The standard InChI is InChI=1S/C52H41NP2/c1-34-15-21-44(22-16-34)54-48-27-36(3)19-25-46(48)53-47-26-20-37(4)28-49(47)55(45-23-17-35(2)18-24-45)51-33-43(32-50(54)52(51)53)42-30-40(38-11-7-5-8-12-38)29-41(31-42)39-13-9-6-10-14-39/h5-33H,1-4H3. The van der Waals surface area contributed by atoms with Crippen molar-refractivity contribution in [3.63, 3.8) is 0 Å². The Morgan fingerprint density at radius 2 is 0.673 bits per heavy atom. The molecule has 3 heteroatoms. The van der Waals surface area contributed by atoms with Crippen molar-refractivity contribution in [1.82, 2.24) is 0 Å². The first-order valence-electron chi connectivity index (χ1n) is 19.1. The second-order valence-electron chi connectivity index (χ2n) is 15.1. The normalized spacial score (nSPS) is 15.2. The lowest BCUT2D eigenvalue weighted by Crippen LogP contribution is -2.43. The highest BCUT2D eigenvalue weighted by atomic mass is 31.1. The highest BCUT2D eigenvalue weighted by Gasteiger charge is 2.41. The summed E-state index contributed by atoms with van der Waals surface area (Å²) in [7, 11) is -1.74. The Morgan fingerprint density at radius 3 is 1.09 bits per heavy atom. The minimum Gasteiger partial charge on any atom is -0.308 e. The Bertz CT molecular complexity index is 2550. The molecule has 55 heavy (non-hydrogen) atoms. The van der Waals surface area contributed by atoms with Gasteiger partial charge in [-0.25, -0.2) is 0 Å². The van der Waals surface area contributed by atoms with Crippen LogP contribution in [-0.2, 0) is 0 Å². The zero-order valence-corrected chi connectivity index (χ0v) is 33.4. The van der Waals surface area contributed by atoms with Crippen LogP contribution in [0.2, 0.25) is 0 Å². The predicted octanol–water partition coefficient (Wildman–Crippen LogP) is 11.5. The molecule has 2 aliphatic rings. The molecule has 0 aromatic heterocycles. The number of nitrogens with zero attached hydrogens (tertiary/aromatic N) is 1. The summed E-state index contributed by atoms with van der Waals surface area (Å²) < 4.78 is 0. The van der Waals surface area contributed by atoms with Gasteiger partial charge in [0.2, 0.25) is 0 Å². The van der Waals surface area contributed by atoms with Crippen molar-refractivity contribution >= 4 is 64.7 Å². The summed E-state index contributed by atoms with van der Waals surface area (Å²) in [6.07, 6.45) is 0. The van der Waals surface area contributed by atoms with E-state index in [1.165, 1.54) is 105 Å². The van der Waals surface area contributed by atoms with Crippen LogP contribution >= 0.6 is 15.8 Å². The van der Waals surface area contributed by atoms with Crippen LogP contribution in [-0.4, -0.2) is 0 Å². The van der Waals surface area contributed by atoms with E-state index in [0.29, 0.717) is 0 Å². The number of benzene rings is 8. The van der Waals surface area contributed by atoms with Crippen LogP contribution < -0.4 is 36.7 Å². The van der Waals surface area contributed by atoms with Crippen LogP contribution in [0, 0.1) is 27.7 Å². The highest BCUT2D eigenvalue weighted by molar-refractivity contribution is 7.82. The zero-order valence-electron chi connectivity index (χ0n) is 31.6. The summed E-state index contributed by atoms with van der Waals surface area (Å²) in [4.78, 5) is 2.62. The van der Waals surface area contributed by atoms with E-state index in [0.717, 1.165) is 0 Å². The minimum atomic E-state index is -0.871. The molecular weight excluding hydrogens is 701 g/mol. The molecule has 264 valence electrons. The molecule has 0 N–H and O–H groups in total. The fourth-order valence-electron chi connectivity index (χ4n) is 8.31. The number of hydrogen-bond acceptors (Lipinski definition) is 1. The van der Waals surface area contributed by atoms with Gasteiger partial charge in [0.25, 0.3) is 0 Å². The monoisotopic (exact) mass is 741 g/mol. The Hall–Kier alpha value is -5.58. The molecule has 0 aliphatic carbocycles. The first-order chi connectivity index (χ1) is 26.9. The quantitative estimate of drug-likeness (QED) is 0.159.